The second-order valence-corrected chi connectivity index (χ2v) is 4.09. The maximum atomic E-state index is 11.7. The lowest BCUT2D eigenvalue weighted by molar-refractivity contribution is -0.143. The number of amides is 2. The minimum absolute atomic E-state index is 0.137. The van der Waals surface area contributed by atoms with Crippen LogP contribution in [-0.4, -0.2) is 36.3 Å². The number of likely N-dealkylation sites (tertiary alicyclic amines) is 1. The zero-order valence-electron chi connectivity index (χ0n) is 9.86. The van der Waals surface area contributed by atoms with Crippen molar-refractivity contribution in [2.75, 3.05) is 13.7 Å². The van der Waals surface area contributed by atoms with Crippen molar-refractivity contribution in [1.29, 1.82) is 0 Å². The summed E-state index contributed by atoms with van der Waals surface area (Å²) in [6.45, 7) is 3.82. The molecule has 0 N–H and O–H groups in total. The van der Waals surface area contributed by atoms with Crippen LogP contribution in [0.4, 0.5) is 0 Å². The van der Waals surface area contributed by atoms with E-state index in [2.05, 4.69) is 4.74 Å². The Morgan fingerprint density at radius 1 is 1.25 bits per heavy atom. The molecule has 1 rings (SSSR count). The molecule has 0 saturated carbocycles. The molecule has 1 aliphatic heterocycles. The first-order chi connectivity index (χ1) is 7.49. The van der Waals surface area contributed by atoms with Crippen LogP contribution in [-0.2, 0) is 19.1 Å². The average molecular weight is 227 g/mol. The van der Waals surface area contributed by atoms with Crippen LogP contribution in [0, 0.1) is 11.8 Å². The number of nitrogens with zero attached hydrogens (tertiary/aromatic N) is 1. The fraction of sp³-hybridized carbons (Fsp3) is 0.727. The third kappa shape index (κ3) is 2.40. The Labute approximate surface area is 94.7 Å². The van der Waals surface area contributed by atoms with Gasteiger partial charge >= 0.3 is 5.97 Å². The summed E-state index contributed by atoms with van der Waals surface area (Å²) in [6, 6.07) is 0. The van der Waals surface area contributed by atoms with Gasteiger partial charge in [0.25, 0.3) is 0 Å². The van der Waals surface area contributed by atoms with E-state index in [9.17, 15) is 14.4 Å². The van der Waals surface area contributed by atoms with Crippen molar-refractivity contribution in [3.05, 3.63) is 0 Å². The maximum Gasteiger partial charge on any atom is 0.305 e. The summed E-state index contributed by atoms with van der Waals surface area (Å²) < 4.78 is 4.48. The molecule has 16 heavy (non-hydrogen) atoms. The van der Waals surface area contributed by atoms with Gasteiger partial charge < -0.3 is 4.74 Å². The number of hydrogen-bond donors (Lipinski definition) is 0. The Morgan fingerprint density at radius 3 is 2.19 bits per heavy atom. The van der Waals surface area contributed by atoms with Crippen LogP contribution in [0.5, 0.6) is 0 Å². The monoisotopic (exact) mass is 227 g/mol. The minimum atomic E-state index is -0.319. The van der Waals surface area contributed by atoms with Crippen molar-refractivity contribution < 1.29 is 19.1 Å². The molecule has 0 aromatic carbocycles. The highest BCUT2D eigenvalue weighted by atomic mass is 16.5. The van der Waals surface area contributed by atoms with E-state index in [1.54, 1.807) is 13.8 Å². The van der Waals surface area contributed by atoms with Gasteiger partial charge in [0.15, 0.2) is 0 Å². The van der Waals surface area contributed by atoms with Crippen molar-refractivity contribution in [2.45, 2.75) is 26.7 Å². The van der Waals surface area contributed by atoms with Gasteiger partial charge in [-0.25, -0.2) is 0 Å². The van der Waals surface area contributed by atoms with Gasteiger partial charge in [0.1, 0.15) is 0 Å². The zero-order chi connectivity index (χ0) is 12.3. The molecule has 90 valence electrons. The van der Waals surface area contributed by atoms with Crippen molar-refractivity contribution in [3.63, 3.8) is 0 Å². The molecule has 0 radical (unpaired) electrons. The summed E-state index contributed by atoms with van der Waals surface area (Å²) in [4.78, 5) is 35.4. The highest BCUT2D eigenvalue weighted by molar-refractivity contribution is 6.04. The molecule has 2 unspecified atom stereocenters. The van der Waals surface area contributed by atoms with Crippen LogP contribution in [0.2, 0.25) is 0 Å². The minimum Gasteiger partial charge on any atom is -0.469 e. The van der Waals surface area contributed by atoms with Crippen LogP contribution in [0.25, 0.3) is 0 Å². The fourth-order valence-electron chi connectivity index (χ4n) is 1.73. The largest absolute Gasteiger partial charge is 0.469 e. The number of carbonyl (C=O) groups is 3. The molecule has 2 atom stereocenters. The van der Waals surface area contributed by atoms with E-state index >= 15 is 0 Å². The lowest BCUT2D eigenvalue weighted by Gasteiger charge is -2.13. The van der Waals surface area contributed by atoms with E-state index in [4.69, 9.17) is 0 Å². The quantitative estimate of drug-likeness (QED) is 0.520. The van der Waals surface area contributed by atoms with E-state index in [1.807, 2.05) is 0 Å². The molecule has 5 heteroatoms. The Morgan fingerprint density at radius 2 is 1.75 bits per heavy atom. The highest BCUT2D eigenvalue weighted by Crippen LogP contribution is 2.25. The van der Waals surface area contributed by atoms with E-state index in [1.165, 1.54) is 12.0 Å². The normalized spacial score (nSPS) is 25.1. The molecule has 2 amide bonds. The Bertz CT molecular complexity index is 293. The molecule has 1 fully saturated rings. The number of hydrogen-bond acceptors (Lipinski definition) is 4. The SMILES string of the molecule is COC(=O)CCCN1C(=O)C(C)C(C)C1=O. The van der Waals surface area contributed by atoms with E-state index in [-0.39, 0.29) is 36.0 Å². The molecule has 5 nitrogen and oxygen atoms in total. The van der Waals surface area contributed by atoms with Gasteiger partial charge in [-0.1, -0.05) is 13.8 Å². The number of esters is 1. The molecule has 1 aliphatic rings. The molecular weight excluding hydrogens is 210 g/mol. The maximum absolute atomic E-state index is 11.7. The molecular formula is C11H17NO4. The second kappa shape index (κ2) is 5.09. The fourth-order valence-corrected chi connectivity index (χ4v) is 1.73. The topological polar surface area (TPSA) is 63.7 Å². The summed E-state index contributed by atoms with van der Waals surface area (Å²) in [7, 11) is 1.32. The number of imide groups is 1. The summed E-state index contributed by atoms with van der Waals surface area (Å²) in [5.41, 5.74) is 0. The van der Waals surface area contributed by atoms with Gasteiger partial charge in [-0.2, -0.15) is 0 Å². The van der Waals surface area contributed by atoms with Crippen molar-refractivity contribution >= 4 is 17.8 Å². The van der Waals surface area contributed by atoms with Gasteiger partial charge in [0.05, 0.1) is 7.11 Å². The molecule has 0 spiro atoms. The molecule has 0 aromatic heterocycles. The van der Waals surface area contributed by atoms with Crippen molar-refractivity contribution in [2.24, 2.45) is 11.8 Å². The summed E-state index contributed by atoms with van der Waals surface area (Å²) >= 11 is 0. The van der Waals surface area contributed by atoms with Gasteiger partial charge in [-0.3, -0.25) is 19.3 Å². The van der Waals surface area contributed by atoms with Crippen LogP contribution in [0.15, 0.2) is 0 Å². The summed E-state index contributed by atoms with van der Waals surface area (Å²) in [5, 5.41) is 0. The van der Waals surface area contributed by atoms with Crippen molar-refractivity contribution in [1.82, 2.24) is 4.90 Å². The number of carbonyl (C=O) groups excluding carboxylic acids is 3. The van der Waals surface area contributed by atoms with Gasteiger partial charge in [0.2, 0.25) is 11.8 Å². The van der Waals surface area contributed by atoms with Crippen LogP contribution in [0.3, 0.4) is 0 Å². The first kappa shape index (κ1) is 12.7. The lowest BCUT2D eigenvalue weighted by atomic mass is 10.00. The Hall–Kier alpha value is -1.39. The predicted molar refractivity (Wildman–Crippen MR) is 56.3 cm³/mol. The Kier molecular flexibility index (Phi) is 4.04. The van der Waals surface area contributed by atoms with Crippen LogP contribution < -0.4 is 0 Å². The van der Waals surface area contributed by atoms with Crippen molar-refractivity contribution in [3.8, 4) is 0 Å². The van der Waals surface area contributed by atoms with Crippen LogP contribution in [0.1, 0.15) is 26.7 Å². The highest BCUT2D eigenvalue weighted by Gasteiger charge is 2.41. The van der Waals surface area contributed by atoms with E-state index in [0.29, 0.717) is 13.0 Å². The summed E-state index contributed by atoms with van der Waals surface area (Å²) in [6.07, 6.45) is 0.694. The molecule has 0 aliphatic carbocycles. The van der Waals surface area contributed by atoms with Gasteiger partial charge in [0, 0.05) is 24.8 Å². The third-order valence-electron chi connectivity index (χ3n) is 3.05. The molecule has 0 bridgehead atoms. The number of ether oxygens (including phenoxy) is 1. The summed E-state index contributed by atoms with van der Waals surface area (Å²) in [5.74, 6) is -1.08. The molecule has 1 heterocycles. The Balaban J connectivity index is 2.46. The first-order valence-electron chi connectivity index (χ1n) is 5.41. The number of methoxy groups -OCH3 is 1. The second-order valence-electron chi connectivity index (χ2n) is 4.09. The van der Waals surface area contributed by atoms with Crippen LogP contribution >= 0.6 is 0 Å². The number of rotatable bonds is 4. The zero-order valence-corrected chi connectivity index (χ0v) is 9.86. The smallest absolute Gasteiger partial charge is 0.305 e. The molecule has 0 aromatic rings. The van der Waals surface area contributed by atoms with Gasteiger partial charge in [-0.15, -0.1) is 0 Å². The third-order valence-corrected chi connectivity index (χ3v) is 3.05. The molecule has 1 saturated heterocycles. The average Bonchev–Trinajstić information content (AvgIpc) is 2.46. The van der Waals surface area contributed by atoms with E-state index < -0.39 is 0 Å². The van der Waals surface area contributed by atoms with Gasteiger partial charge in [-0.05, 0) is 6.42 Å². The first-order valence-corrected chi connectivity index (χ1v) is 5.41. The van der Waals surface area contributed by atoms with E-state index in [0.717, 1.165) is 0 Å². The lowest BCUT2D eigenvalue weighted by Crippen LogP contribution is -2.32. The standard InChI is InChI=1S/C11H17NO4/c1-7-8(2)11(15)12(10(7)14)6-4-5-9(13)16-3/h7-8H,4-6H2,1-3H3. The predicted octanol–water partition coefficient (Wildman–Crippen LogP) is 0.581.